The van der Waals surface area contributed by atoms with Crippen molar-refractivity contribution in [2.24, 2.45) is 16.8 Å². The van der Waals surface area contributed by atoms with Gasteiger partial charge in [-0.05, 0) is 31.6 Å². The first kappa shape index (κ1) is 15.8. The van der Waals surface area contributed by atoms with Gasteiger partial charge < -0.3 is 14.8 Å². The van der Waals surface area contributed by atoms with Gasteiger partial charge in [-0.1, -0.05) is 13.8 Å². The number of aliphatic imine (C=N–C) groups is 1. The lowest BCUT2D eigenvalue weighted by molar-refractivity contribution is 0.403. The van der Waals surface area contributed by atoms with E-state index in [1.165, 1.54) is 12.8 Å². The van der Waals surface area contributed by atoms with Crippen LogP contribution >= 0.6 is 0 Å². The van der Waals surface area contributed by atoms with Crippen molar-refractivity contribution in [3.63, 3.8) is 0 Å². The van der Waals surface area contributed by atoms with Gasteiger partial charge in [-0.25, -0.2) is 0 Å². The number of aromatic nitrogens is 3. The number of hydrogen-bond donors (Lipinski definition) is 1. The Morgan fingerprint density at radius 1 is 1.52 bits per heavy atom. The monoisotopic (exact) mass is 292 g/mol. The fraction of sp³-hybridized carbons (Fsp3) is 0.800. The van der Waals surface area contributed by atoms with Gasteiger partial charge in [0.2, 0.25) is 0 Å². The third-order valence-electron chi connectivity index (χ3n) is 4.04. The lowest BCUT2D eigenvalue weighted by atomic mass is 9.97. The topological polar surface area (TPSA) is 58.3 Å². The van der Waals surface area contributed by atoms with Crippen molar-refractivity contribution in [2.45, 2.75) is 46.7 Å². The van der Waals surface area contributed by atoms with Gasteiger partial charge in [-0.3, -0.25) is 4.99 Å². The number of nitrogens with one attached hydrogen (secondary N) is 1. The summed E-state index contributed by atoms with van der Waals surface area (Å²) in [6.45, 7) is 10.5. The third kappa shape index (κ3) is 4.19. The summed E-state index contributed by atoms with van der Waals surface area (Å²) in [6.07, 6.45) is 4.34. The first-order chi connectivity index (χ1) is 10.1. The zero-order valence-corrected chi connectivity index (χ0v) is 13.7. The Bertz CT molecular complexity index is 464. The van der Waals surface area contributed by atoms with Crippen molar-refractivity contribution in [3.05, 3.63) is 12.2 Å². The maximum absolute atomic E-state index is 4.41. The van der Waals surface area contributed by atoms with E-state index >= 15 is 0 Å². The molecule has 0 aromatic carbocycles. The lowest BCUT2D eigenvalue weighted by Gasteiger charge is -2.22. The molecule has 0 aliphatic carbocycles. The highest BCUT2D eigenvalue weighted by atomic mass is 15.3. The Morgan fingerprint density at radius 2 is 2.33 bits per heavy atom. The second kappa shape index (κ2) is 7.43. The molecule has 6 nitrogen and oxygen atoms in total. The average molecular weight is 292 g/mol. The zero-order valence-electron chi connectivity index (χ0n) is 13.7. The van der Waals surface area contributed by atoms with Crippen LogP contribution in [0.5, 0.6) is 0 Å². The van der Waals surface area contributed by atoms with Crippen LogP contribution in [0.15, 0.2) is 11.3 Å². The summed E-state index contributed by atoms with van der Waals surface area (Å²) in [5, 5.41) is 11.5. The van der Waals surface area contributed by atoms with Gasteiger partial charge in [0.05, 0.1) is 6.54 Å². The first-order valence-corrected chi connectivity index (χ1v) is 7.96. The molecule has 1 aromatic rings. The van der Waals surface area contributed by atoms with Crippen molar-refractivity contribution in [2.75, 3.05) is 20.1 Å². The minimum Gasteiger partial charge on any atom is -0.349 e. The second-order valence-corrected chi connectivity index (χ2v) is 6.16. The molecule has 1 aliphatic rings. The van der Waals surface area contributed by atoms with Crippen molar-refractivity contribution >= 4 is 5.96 Å². The number of guanidine groups is 1. The van der Waals surface area contributed by atoms with E-state index in [9.17, 15) is 0 Å². The van der Waals surface area contributed by atoms with E-state index in [-0.39, 0.29) is 0 Å². The van der Waals surface area contributed by atoms with Crippen molar-refractivity contribution in [1.29, 1.82) is 0 Å². The van der Waals surface area contributed by atoms with E-state index in [0.717, 1.165) is 43.3 Å². The van der Waals surface area contributed by atoms with E-state index in [4.69, 9.17) is 0 Å². The zero-order chi connectivity index (χ0) is 15.2. The van der Waals surface area contributed by atoms with Gasteiger partial charge in [-0.15, -0.1) is 10.2 Å². The SMILES string of the molecule is CCn1cnnc1CNC(=NC)N1CCC(CC(C)C)C1. The van der Waals surface area contributed by atoms with Gasteiger partial charge in [-0.2, -0.15) is 0 Å². The molecule has 0 bridgehead atoms. The number of likely N-dealkylation sites (tertiary alicyclic amines) is 1. The molecule has 2 rings (SSSR count). The number of rotatable bonds is 5. The molecule has 1 fully saturated rings. The first-order valence-electron chi connectivity index (χ1n) is 7.96. The summed E-state index contributed by atoms with van der Waals surface area (Å²) in [5.41, 5.74) is 0. The highest BCUT2D eigenvalue weighted by Crippen LogP contribution is 2.23. The molecule has 1 saturated heterocycles. The Morgan fingerprint density at radius 3 is 3.00 bits per heavy atom. The smallest absolute Gasteiger partial charge is 0.194 e. The largest absolute Gasteiger partial charge is 0.349 e. The fourth-order valence-electron chi connectivity index (χ4n) is 3.05. The van der Waals surface area contributed by atoms with E-state index < -0.39 is 0 Å². The van der Waals surface area contributed by atoms with E-state index in [2.05, 4.69) is 46.2 Å². The molecule has 0 saturated carbocycles. The summed E-state index contributed by atoms with van der Waals surface area (Å²) < 4.78 is 2.05. The highest BCUT2D eigenvalue weighted by molar-refractivity contribution is 5.80. The second-order valence-electron chi connectivity index (χ2n) is 6.16. The molecule has 1 N–H and O–H groups in total. The predicted octanol–water partition coefficient (Wildman–Crippen LogP) is 1.74. The van der Waals surface area contributed by atoms with Crippen LogP contribution in [-0.2, 0) is 13.1 Å². The molecule has 0 radical (unpaired) electrons. The van der Waals surface area contributed by atoms with Crippen LogP contribution < -0.4 is 5.32 Å². The molecule has 1 atom stereocenters. The molecule has 118 valence electrons. The van der Waals surface area contributed by atoms with Crippen LogP contribution in [0.1, 0.15) is 39.4 Å². The molecular weight excluding hydrogens is 264 g/mol. The molecule has 2 heterocycles. The minimum absolute atomic E-state index is 0.672. The minimum atomic E-state index is 0.672. The summed E-state index contributed by atoms with van der Waals surface area (Å²) in [4.78, 5) is 6.77. The van der Waals surface area contributed by atoms with Crippen molar-refractivity contribution in [1.82, 2.24) is 25.0 Å². The maximum atomic E-state index is 4.41. The normalized spacial score (nSPS) is 19.6. The number of hydrogen-bond acceptors (Lipinski definition) is 3. The Balaban J connectivity index is 1.87. The van der Waals surface area contributed by atoms with Crippen molar-refractivity contribution in [3.8, 4) is 0 Å². The molecule has 1 unspecified atom stereocenters. The maximum Gasteiger partial charge on any atom is 0.194 e. The highest BCUT2D eigenvalue weighted by Gasteiger charge is 2.25. The van der Waals surface area contributed by atoms with Crippen LogP contribution in [0.2, 0.25) is 0 Å². The van der Waals surface area contributed by atoms with Gasteiger partial charge in [0, 0.05) is 26.7 Å². The standard InChI is InChI=1S/C15H28N6/c1-5-20-11-18-19-14(20)9-17-15(16-4)21-7-6-13(10-21)8-12(2)3/h11-13H,5-10H2,1-4H3,(H,16,17). The Hall–Kier alpha value is -1.59. The number of aryl methyl sites for hydroxylation is 1. The van der Waals surface area contributed by atoms with Crippen LogP contribution in [0.3, 0.4) is 0 Å². The molecule has 0 spiro atoms. The molecule has 0 amide bonds. The summed E-state index contributed by atoms with van der Waals surface area (Å²) >= 11 is 0. The quantitative estimate of drug-likeness (QED) is 0.663. The molecule has 1 aliphatic heterocycles. The molecule has 21 heavy (non-hydrogen) atoms. The van der Waals surface area contributed by atoms with Gasteiger partial charge in [0.25, 0.3) is 0 Å². The van der Waals surface area contributed by atoms with Gasteiger partial charge in [0.1, 0.15) is 6.33 Å². The van der Waals surface area contributed by atoms with E-state index in [1.54, 1.807) is 6.33 Å². The molecule has 6 heteroatoms. The predicted molar refractivity (Wildman–Crippen MR) is 85.0 cm³/mol. The fourth-order valence-corrected chi connectivity index (χ4v) is 3.05. The van der Waals surface area contributed by atoms with Crippen molar-refractivity contribution < 1.29 is 0 Å². The van der Waals surface area contributed by atoms with Crippen LogP contribution in [0, 0.1) is 11.8 Å². The van der Waals surface area contributed by atoms with Gasteiger partial charge >= 0.3 is 0 Å². The molecule has 1 aromatic heterocycles. The van der Waals surface area contributed by atoms with E-state index in [0.29, 0.717) is 6.54 Å². The van der Waals surface area contributed by atoms with Crippen LogP contribution in [0.25, 0.3) is 0 Å². The average Bonchev–Trinajstić information content (AvgIpc) is 3.08. The molecular formula is C15H28N6. The Labute approximate surface area is 127 Å². The van der Waals surface area contributed by atoms with Crippen LogP contribution in [0.4, 0.5) is 0 Å². The Kier molecular flexibility index (Phi) is 5.59. The summed E-state index contributed by atoms with van der Waals surface area (Å²) in [7, 11) is 1.85. The summed E-state index contributed by atoms with van der Waals surface area (Å²) in [6, 6.07) is 0. The van der Waals surface area contributed by atoms with Crippen LogP contribution in [-0.4, -0.2) is 45.8 Å². The number of nitrogens with zero attached hydrogens (tertiary/aromatic N) is 5. The summed E-state index contributed by atoms with van der Waals surface area (Å²) in [5.74, 6) is 3.50. The lowest BCUT2D eigenvalue weighted by Crippen LogP contribution is -2.40. The van der Waals surface area contributed by atoms with Gasteiger partial charge in [0.15, 0.2) is 11.8 Å². The third-order valence-corrected chi connectivity index (χ3v) is 4.04. The van der Waals surface area contributed by atoms with E-state index in [1.807, 2.05) is 11.6 Å².